The molecule has 2 heterocycles. The van der Waals surface area contributed by atoms with E-state index in [1.54, 1.807) is 0 Å². The van der Waals surface area contributed by atoms with E-state index in [0.717, 1.165) is 34.6 Å². The summed E-state index contributed by atoms with van der Waals surface area (Å²) < 4.78 is 4.69. The molecule has 24 heavy (non-hydrogen) atoms. The highest BCUT2D eigenvalue weighted by Gasteiger charge is 2.10. The molecule has 0 radical (unpaired) electrons. The molecule has 0 spiro atoms. The highest BCUT2D eigenvalue weighted by atomic mass is 32.1. The van der Waals surface area contributed by atoms with Crippen LogP contribution in [0.15, 0.2) is 22.8 Å². The van der Waals surface area contributed by atoms with E-state index in [0.29, 0.717) is 18.1 Å². The molecular formula is C15H18N6O2S. The van der Waals surface area contributed by atoms with E-state index in [1.165, 1.54) is 11.3 Å². The second-order valence-electron chi connectivity index (χ2n) is 5.48. The number of anilines is 1. The first kappa shape index (κ1) is 16.5. The molecule has 0 atom stereocenters. The third-order valence-corrected chi connectivity index (χ3v) is 4.49. The number of rotatable bonds is 7. The fourth-order valence-corrected chi connectivity index (χ4v) is 2.93. The second kappa shape index (κ2) is 7.45. The summed E-state index contributed by atoms with van der Waals surface area (Å²) in [5.41, 5.74) is 2.57. The van der Waals surface area contributed by atoms with E-state index >= 15 is 0 Å². The maximum atomic E-state index is 12.0. The van der Waals surface area contributed by atoms with Crippen LogP contribution < -0.4 is 5.32 Å². The number of carbonyl (C=O) groups is 1. The predicted molar refractivity (Wildman–Crippen MR) is 90.7 cm³/mol. The minimum atomic E-state index is -0.0585. The van der Waals surface area contributed by atoms with Crippen molar-refractivity contribution in [2.24, 2.45) is 0 Å². The Balaban J connectivity index is 1.47. The number of nitrogens with one attached hydrogen (secondary N) is 1. The number of benzene rings is 1. The Morgan fingerprint density at radius 3 is 2.92 bits per heavy atom. The maximum Gasteiger partial charge on any atom is 0.227 e. The van der Waals surface area contributed by atoms with Crippen LogP contribution in [-0.4, -0.2) is 44.9 Å². The fraction of sp³-hybridized carbons (Fsp3) is 0.400. The lowest BCUT2D eigenvalue weighted by Crippen LogP contribution is -2.24. The number of carbonyl (C=O) groups excluding carboxylic acids is 1. The Morgan fingerprint density at radius 2 is 2.12 bits per heavy atom. The summed E-state index contributed by atoms with van der Waals surface area (Å²) in [4.78, 5) is 14.1. The SMILES string of the molecule is CCc1nnc(NC(=O)CCN(C)Cc2ccc3nonc3c2)s1. The predicted octanol–water partition coefficient (Wildman–Crippen LogP) is 2.10. The van der Waals surface area contributed by atoms with E-state index in [-0.39, 0.29) is 5.91 Å². The Hall–Kier alpha value is -2.39. The van der Waals surface area contributed by atoms with Crippen LogP contribution in [0.2, 0.25) is 0 Å². The highest BCUT2D eigenvalue weighted by Crippen LogP contribution is 2.16. The number of fused-ring (bicyclic) bond motifs is 1. The van der Waals surface area contributed by atoms with E-state index in [2.05, 4.69) is 30.7 Å². The molecule has 3 rings (SSSR count). The van der Waals surface area contributed by atoms with Crippen molar-refractivity contribution < 1.29 is 9.42 Å². The van der Waals surface area contributed by atoms with Gasteiger partial charge in [-0.3, -0.25) is 4.79 Å². The molecule has 3 aromatic rings. The van der Waals surface area contributed by atoms with Crippen molar-refractivity contribution in [3.05, 3.63) is 28.8 Å². The maximum absolute atomic E-state index is 12.0. The van der Waals surface area contributed by atoms with Crippen LogP contribution in [0.25, 0.3) is 11.0 Å². The van der Waals surface area contributed by atoms with Crippen molar-refractivity contribution >= 4 is 33.4 Å². The molecule has 9 heteroatoms. The standard InChI is InChI=1S/C15H18N6O2S/c1-3-14-17-18-15(24-14)16-13(22)6-7-21(2)9-10-4-5-11-12(8-10)20-23-19-11/h4-5,8H,3,6-7,9H2,1-2H3,(H,16,18,22). The Bertz CT molecular complexity index is 830. The lowest BCUT2D eigenvalue weighted by molar-refractivity contribution is -0.116. The van der Waals surface area contributed by atoms with E-state index in [4.69, 9.17) is 4.63 Å². The third kappa shape index (κ3) is 4.12. The zero-order valence-corrected chi connectivity index (χ0v) is 14.3. The zero-order chi connectivity index (χ0) is 16.9. The average molecular weight is 346 g/mol. The summed E-state index contributed by atoms with van der Waals surface area (Å²) >= 11 is 1.41. The molecule has 1 amide bonds. The number of aromatic nitrogens is 4. The minimum Gasteiger partial charge on any atom is -0.302 e. The Labute approximate surface area is 142 Å². The number of nitrogens with zero attached hydrogens (tertiary/aromatic N) is 5. The van der Waals surface area contributed by atoms with Crippen molar-refractivity contribution in [2.45, 2.75) is 26.3 Å². The van der Waals surface area contributed by atoms with Gasteiger partial charge in [0.25, 0.3) is 0 Å². The average Bonchev–Trinajstić information content (AvgIpc) is 3.21. The molecule has 126 valence electrons. The molecule has 0 bridgehead atoms. The van der Waals surface area contributed by atoms with Crippen LogP contribution in [0.3, 0.4) is 0 Å². The smallest absolute Gasteiger partial charge is 0.227 e. The number of hydrogen-bond donors (Lipinski definition) is 1. The third-order valence-electron chi connectivity index (χ3n) is 3.51. The quantitative estimate of drug-likeness (QED) is 0.699. The van der Waals surface area contributed by atoms with Gasteiger partial charge >= 0.3 is 0 Å². The van der Waals surface area contributed by atoms with Crippen molar-refractivity contribution in [2.75, 3.05) is 18.9 Å². The molecule has 0 fully saturated rings. The van der Waals surface area contributed by atoms with Crippen LogP contribution in [0.4, 0.5) is 5.13 Å². The zero-order valence-electron chi connectivity index (χ0n) is 13.5. The highest BCUT2D eigenvalue weighted by molar-refractivity contribution is 7.15. The van der Waals surface area contributed by atoms with Gasteiger partial charge in [-0.05, 0) is 41.5 Å². The Kier molecular flexibility index (Phi) is 5.11. The summed E-state index contributed by atoms with van der Waals surface area (Å²) in [7, 11) is 1.97. The molecule has 8 nitrogen and oxygen atoms in total. The van der Waals surface area contributed by atoms with Crippen LogP contribution >= 0.6 is 11.3 Å². The molecule has 0 aliphatic carbocycles. The summed E-state index contributed by atoms with van der Waals surface area (Å²) in [5.74, 6) is -0.0585. The van der Waals surface area contributed by atoms with Gasteiger partial charge in [0.1, 0.15) is 16.0 Å². The summed E-state index contributed by atoms with van der Waals surface area (Å²) in [6, 6.07) is 5.80. The van der Waals surface area contributed by atoms with E-state index in [9.17, 15) is 4.79 Å². The van der Waals surface area contributed by atoms with Gasteiger partial charge in [-0.25, -0.2) is 4.63 Å². The summed E-state index contributed by atoms with van der Waals surface area (Å²) in [6.45, 7) is 3.36. The van der Waals surface area contributed by atoms with Gasteiger partial charge in [-0.15, -0.1) is 10.2 Å². The molecule has 0 unspecified atom stereocenters. The lowest BCUT2D eigenvalue weighted by Gasteiger charge is -2.16. The summed E-state index contributed by atoms with van der Waals surface area (Å²) in [6.07, 6.45) is 1.22. The van der Waals surface area contributed by atoms with Crippen molar-refractivity contribution in [1.82, 2.24) is 25.4 Å². The van der Waals surface area contributed by atoms with Gasteiger partial charge in [0.2, 0.25) is 11.0 Å². The van der Waals surface area contributed by atoms with E-state index in [1.807, 2.05) is 32.2 Å². The molecule has 0 saturated carbocycles. The number of amides is 1. The first-order chi connectivity index (χ1) is 11.6. The van der Waals surface area contributed by atoms with Crippen molar-refractivity contribution in [3.63, 3.8) is 0 Å². The van der Waals surface area contributed by atoms with Gasteiger partial charge in [-0.1, -0.05) is 24.3 Å². The fourth-order valence-electron chi connectivity index (χ4n) is 2.24. The van der Waals surface area contributed by atoms with Crippen molar-refractivity contribution in [3.8, 4) is 0 Å². The monoisotopic (exact) mass is 346 g/mol. The first-order valence-electron chi connectivity index (χ1n) is 7.66. The van der Waals surface area contributed by atoms with Crippen LogP contribution in [-0.2, 0) is 17.8 Å². The molecule has 1 N–H and O–H groups in total. The Morgan fingerprint density at radius 1 is 1.29 bits per heavy atom. The van der Waals surface area contributed by atoms with Gasteiger partial charge in [0.15, 0.2) is 0 Å². The molecular weight excluding hydrogens is 328 g/mol. The molecule has 2 aromatic heterocycles. The van der Waals surface area contributed by atoms with Gasteiger partial charge < -0.3 is 10.2 Å². The molecule has 0 saturated heterocycles. The second-order valence-corrected chi connectivity index (χ2v) is 6.54. The topological polar surface area (TPSA) is 97.0 Å². The van der Waals surface area contributed by atoms with Gasteiger partial charge in [0.05, 0.1) is 0 Å². The molecule has 0 aliphatic rings. The molecule has 0 aliphatic heterocycles. The van der Waals surface area contributed by atoms with Crippen LogP contribution in [0.5, 0.6) is 0 Å². The number of hydrogen-bond acceptors (Lipinski definition) is 8. The largest absolute Gasteiger partial charge is 0.302 e. The van der Waals surface area contributed by atoms with Crippen molar-refractivity contribution in [1.29, 1.82) is 0 Å². The lowest BCUT2D eigenvalue weighted by atomic mass is 10.2. The normalized spacial score (nSPS) is 11.3. The molecule has 1 aromatic carbocycles. The first-order valence-corrected chi connectivity index (χ1v) is 8.47. The van der Waals surface area contributed by atoms with Crippen LogP contribution in [0.1, 0.15) is 23.9 Å². The summed E-state index contributed by atoms with van der Waals surface area (Å²) in [5, 5.41) is 19.8. The van der Waals surface area contributed by atoms with E-state index < -0.39 is 0 Å². The minimum absolute atomic E-state index is 0.0585. The number of aryl methyl sites for hydroxylation is 1. The van der Waals surface area contributed by atoms with Crippen LogP contribution in [0, 0.1) is 0 Å². The van der Waals surface area contributed by atoms with Gasteiger partial charge in [0, 0.05) is 19.5 Å². The van der Waals surface area contributed by atoms with Gasteiger partial charge in [-0.2, -0.15) is 0 Å².